The van der Waals surface area contributed by atoms with E-state index in [4.69, 9.17) is 37.9 Å². The van der Waals surface area contributed by atoms with Gasteiger partial charge in [0.15, 0.2) is 46.9 Å². The van der Waals surface area contributed by atoms with Gasteiger partial charge in [-0.25, -0.2) is 0 Å². The molecule has 0 saturated carbocycles. The van der Waals surface area contributed by atoms with Crippen LogP contribution in [0.5, 0.6) is 40.2 Å². The largest absolute Gasteiger partial charge is 0.504 e. The summed E-state index contributed by atoms with van der Waals surface area (Å²) in [5.41, 5.74) is 2.36. The van der Waals surface area contributed by atoms with Crippen molar-refractivity contribution in [3.05, 3.63) is 64.7 Å². The molecule has 0 unspecified atom stereocenters. The second-order valence-electron chi connectivity index (χ2n) is 12.7. The lowest BCUT2D eigenvalue weighted by Gasteiger charge is -2.40. The molecule has 0 aromatic heterocycles. The van der Waals surface area contributed by atoms with Crippen molar-refractivity contribution in [3.63, 3.8) is 0 Å². The van der Waals surface area contributed by atoms with Crippen LogP contribution in [0.4, 0.5) is 0 Å². The SMILES string of the molecule is COc1cc([C@@H](O)[C@H](CO)Oc2c(OC)cc([C@H]3Oc4c(OC)cc(CCCO)cc4[C@H]3CO[C@@H]3O[C@H](CO)[C@@H](O)[C@H](O)[C@H]3O)cc2OC)ccc1O. The first kappa shape index (κ1) is 40.1. The number of aliphatic hydroxyl groups excluding tert-OH is 7. The quantitative estimate of drug-likeness (QED) is 0.0956. The molecule has 292 valence electrons. The van der Waals surface area contributed by atoms with Gasteiger partial charge in [-0.05, 0) is 54.3 Å². The van der Waals surface area contributed by atoms with Crippen LogP contribution < -0.4 is 28.4 Å². The maximum Gasteiger partial charge on any atom is 0.204 e. The first-order chi connectivity index (χ1) is 25.5. The number of aromatic hydroxyl groups is 1. The van der Waals surface area contributed by atoms with Crippen molar-refractivity contribution in [1.82, 2.24) is 0 Å². The van der Waals surface area contributed by atoms with E-state index in [1.165, 1.54) is 46.6 Å². The van der Waals surface area contributed by atoms with Crippen LogP contribution in [-0.4, -0.2) is 133 Å². The molecule has 1 fully saturated rings. The van der Waals surface area contributed by atoms with Gasteiger partial charge in [0.05, 0.1) is 54.2 Å². The molecular formula is C37H48O16. The topological polar surface area (TPSA) is 236 Å². The van der Waals surface area contributed by atoms with Crippen molar-refractivity contribution in [1.29, 1.82) is 0 Å². The highest BCUT2D eigenvalue weighted by Crippen LogP contribution is 2.53. The molecule has 1 saturated heterocycles. The second-order valence-corrected chi connectivity index (χ2v) is 12.7. The van der Waals surface area contributed by atoms with Gasteiger partial charge in [0.25, 0.3) is 0 Å². The van der Waals surface area contributed by atoms with E-state index in [0.29, 0.717) is 41.0 Å². The lowest BCUT2D eigenvalue weighted by molar-refractivity contribution is -0.302. The Bertz CT molecular complexity index is 1640. The number of phenols is 1. The van der Waals surface area contributed by atoms with Crippen molar-refractivity contribution >= 4 is 0 Å². The summed E-state index contributed by atoms with van der Waals surface area (Å²) >= 11 is 0. The van der Waals surface area contributed by atoms with Gasteiger partial charge in [0, 0.05) is 17.7 Å². The van der Waals surface area contributed by atoms with Gasteiger partial charge in [-0.15, -0.1) is 0 Å². The molecule has 0 radical (unpaired) electrons. The van der Waals surface area contributed by atoms with Crippen molar-refractivity contribution in [2.45, 2.75) is 67.8 Å². The fourth-order valence-corrected chi connectivity index (χ4v) is 6.54. The minimum Gasteiger partial charge on any atom is -0.504 e. The van der Waals surface area contributed by atoms with E-state index in [-0.39, 0.29) is 42.0 Å². The molecule has 2 aliphatic heterocycles. The number of hydrogen-bond donors (Lipinski definition) is 8. The summed E-state index contributed by atoms with van der Waals surface area (Å²) in [6, 6.07) is 11.2. The standard InChI is InChI=1S/C37H48O16/c1-46-24-12-19(7-8-23(24)41)30(42)28(15-39)51-36-26(48-3)13-20(14-27(36)49-4)34-22(17-50-37-33(45)32(44)31(43)29(16-40)52-37)21-10-18(6-5-9-38)11-25(47-2)35(21)53-34/h7-8,10-14,22,28-34,37-45H,5-6,9,15-17H2,1-4H3/t22-,28+,29-,30-,31-,32+,33-,34-,37-/m1/s1. The van der Waals surface area contributed by atoms with Crippen LogP contribution in [0.25, 0.3) is 0 Å². The normalized spacial score (nSPS) is 24.8. The molecule has 0 aliphatic carbocycles. The summed E-state index contributed by atoms with van der Waals surface area (Å²) in [6.45, 7) is -1.41. The molecule has 3 aromatic rings. The summed E-state index contributed by atoms with van der Waals surface area (Å²) in [5.74, 6) is 0.621. The molecular weight excluding hydrogens is 700 g/mol. The summed E-state index contributed by atoms with van der Waals surface area (Å²) in [6.07, 6.45) is -9.78. The molecule has 0 spiro atoms. The van der Waals surface area contributed by atoms with E-state index in [1.54, 1.807) is 12.1 Å². The Balaban J connectivity index is 1.51. The zero-order valence-electron chi connectivity index (χ0n) is 29.8. The lowest BCUT2D eigenvalue weighted by atomic mass is 9.89. The Morgan fingerprint density at radius 1 is 0.792 bits per heavy atom. The number of phenolic OH excluding ortho intramolecular Hbond substituents is 1. The third kappa shape index (κ3) is 8.36. The zero-order chi connectivity index (χ0) is 38.4. The predicted octanol–water partition coefficient (Wildman–Crippen LogP) is 0.859. The molecule has 3 aromatic carbocycles. The molecule has 5 rings (SSSR count). The van der Waals surface area contributed by atoms with E-state index in [2.05, 4.69) is 0 Å². The Morgan fingerprint density at radius 3 is 2.08 bits per heavy atom. The molecule has 8 N–H and O–H groups in total. The van der Waals surface area contributed by atoms with Crippen molar-refractivity contribution < 1.29 is 78.7 Å². The minimum atomic E-state index is -1.64. The third-order valence-electron chi connectivity index (χ3n) is 9.44. The Labute approximate surface area is 306 Å². The van der Waals surface area contributed by atoms with Gasteiger partial charge in [-0.1, -0.05) is 12.1 Å². The van der Waals surface area contributed by atoms with Crippen LogP contribution in [0, 0.1) is 0 Å². The van der Waals surface area contributed by atoms with Crippen LogP contribution >= 0.6 is 0 Å². The van der Waals surface area contributed by atoms with Gasteiger partial charge in [0.1, 0.15) is 36.6 Å². The molecule has 2 aliphatic rings. The summed E-state index contributed by atoms with van der Waals surface area (Å²) < 4.78 is 46.6. The molecule has 0 amide bonds. The fourth-order valence-electron chi connectivity index (χ4n) is 6.54. The van der Waals surface area contributed by atoms with Crippen molar-refractivity contribution in [3.8, 4) is 40.2 Å². The molecule has 9 atom stereocenters. The van der Waals surface area contributed by atoms with Gasteiger partial charge in [-0.2, -0.15) is 0 Å². The average molecular weight is 749 g/mol. The Hall–Kier alpha value is -4.10. The highest BCUT2D eigenvalue weighted by molar-refractivity contribution is 5.59. The van der Waals surface area contributed by atoms with Crippen LogP contribution in [0.2, 0.25) is 0 Å². The van der Waals surface area contributed by atoms with Gasteiger partial charge < -0.3 is 78.7 Å². The van der Waals surface area contributed by atoms with Crippen LogP contribution in [-0.2, 0) is 15.9 Å². The number of ether oxygens (including phenoxy) is 8. The number of hydrogen-bond acceptors (Lipinski definition) is 16. The summed E-state index contributed by atoms with van der Waals surface area (Å²) in [4.78, 5) is 0. The monoisotopic (exact) mass is 748 g/mol. The molecule has 53 heavy (non-hydrogen) atoms. The minimum absolute atomic E-state index is 0.0204. The highest BCUT2D eigenvalue weighted by atomic mass is 16.7. The van der Waals surface area contributed by atoms with E-state index in [9.17, 15) is 40.9 Å². The number of benzene rings is 3. The highest BCUT2D eigenvalue weighted by Gasteiger charge is 2.46. The maximum atomic E-state index is 11.2. The zero-order valence-corrected chi connectivity index (χ0v) is 29.8. The third-order valence-corrected chi connectivity index (χ3v) is 9.44. The first-order valence-electron chi connectivity index (χ1n) is 17.0. The number of rotatable bonds is 17. The van der Waals surface area contributed by atoms with E-state index < -0.39 is 68.1 Å². The molecule has 2 heterocycles. The smallest absolute Gasteiger partial charge is 0.204 e. The van der Waals surface area contributed by atoms with Crippen LogP contribution in [0.15, 0.2) is 42.5 Å². The first-order valence-corrected chi connectivity index (χ1v) is 17.0. The van der Waals surface area contributed by atoms with Gasteiger partial charge >= 0.3 is 0 Å². The van der Waals surface area contributed by atoms with Crippen molar-refractivity contribution in [2.75, 3.05) is 54.9 Å². The van der Waals surface area contributed by atoms with Gasteiger partial charge in [-0.3, -0.25) is 0 Å². The van der Waals surface area contributed by atoms with Gasteiger partial charge in [0.2, 0.25) is 5.75 Å². The average Bonchev–Trinajstić information content (AvgIpc) is 3.55. The summed E-state index contributed by atoms with van der Waals surface area (Å²) in [5, 5.41) is 82.0. The Morgan fingerprint density at radius 2 is 1.47 bits per heavy atom. The fraction of sp³-hybridized carbons (Fsp3) is 0.514. The summed E-state index contributed by atoms with van der Waals surface area (Å²) in [7, 11) is 5.68. The number of methoxy groups -OCH3 is 4. The van der Waals surface area contributed by atoms with Crippen LogP contribution in [0.1, 0.15) is 46.8 Å². The number of aliphatic hydroxyl groups is 7. The number of aryl methyl sites for hydroxylation is 1. The van der Waals surface area contributed by atoms with E-state index >= 15 is 0 Å². The second kappa shape index (κ2) is 17.8. The van der Waals surface area contributed by atoms with Crippen LogP contribution in [0.3, 0.4) is 0 Å². The Kier molecular flexibility index (Phi) is 13.5. The lowest BCUT2D eigenvalue weighted by Crippen LogP contribution is -2.59. The number of fused-ring (bicyclic) bond motifs is 1. The van der Waals surface area contributed by atoms with Crippen molar-refractivity contribution in [2.24, 2.45) is 0 Å². The van der Waals surface area contributed by atoms with E-state index in [1.807, 2.05) is 12.1 Å². The molecule has 16 heteroatoms. The maximum absolute atomic E-state index is 11.2. The predicted molar refractivity (Wildman–Crippen MR) is 185 cm³/mol. The van der Waals surface area contributed by atoms with E-state index in [0.717, 1.165) is 5.56 Å². The molecule has 0 bridgehead atoms. The molecule has 16 nitrogen and oxygen atoms in total.